The number of nitrogens with two attached hydrogens (primary N) is 1. The molecular formula is C14H17N3O2S. The lowest BCUT2D eigenvalue weighted by Crippen LogP contribution is -2.27. The standard InChI is InChI=1S/C14H17N3O2S/c1-17(14-5-7-16-8-6-14)20(18,19)11-13-4-2-3-12(9-13)10-15/h2-9H,10-11,15H2,1H3. The molecule has 0 aliphatic heterocycles. The van der Waals surface area contributed by atoms with Crippen molar-refractivity contribution in [3.05, 3.63) is 59.9 Å². The second-order valence-electron chi connectivity index (χ2n) is 4.45. The summed E-state index contributed by atoms with van der Waals surface area (Å²) in [5.74, 6) is -0.0559. The molecule has 1 aromatic heterocycles. The number of aromatic nitrogens is 1. The summed E-state index contributed by atoms with van der Waals surface area (Å²) in [6, 6.07) is 10.6. The third kappa shape index (κ3) is 3.34. The van der Waals surface area contributed by atoms with E-state index in [2.05, 4.69) is 4.98 Å². The summed E-state index contributed by atoms with van der Waals surface area (Å²) < 4.78 is 26.0. The summed E-state index contributed by atoms with van der Waals surface area (Å²) >= 11 is 0. The van der Waals surface area contributed by atoms with Gasteiger partial charge in [-0.2, -0.15) is 0 Å². The van der Waals surface area contributed by atoms with Gasteiger partial charge in [0.1, 0.15) is 0 Å². The first-order valence-electron chi connectivity index (χ1n) is 6.17. The lowest BCUT2D eigenvalue weighted by atomic mass is 10.1. The monoisotopic (exact) mass is 291 g/mol. The van der Waals surface area contributed by atoms with E-state index in [0.717, 1.165) is 11.1 Å². The van der Waals surface area contributed by atoms with Gasteiger partial charge in [0, 0.05) is 26.0 Å². The van der Waals surface area contributed by atoms with Crippen LogP contribution in [0.25, 0.3) is 0 Å². The summed E-state index contributed by atoms with van der Waals surface area (Å²) in [4.78, 5) is 3.88. The molecule has 20 heavy (non-hydrogen) atoms. The van der Waals surface area contributed by atoms with Gasteiger partial charge in [0.2, 0.25) is 10.0 Å². The van der Waals surface area contributed by atoms with Crippen LogP contribution in [0.5, 0.6) is 0 Å². The Morgan fingerprint density at radius 3 is 2.45 bits per heavy atom. The quantitative estimate of drug-likeness (QED) is 0.906. The zero-order chi connectivity index (χ0) is 14.6. The SMILES string of the molecule is CN(c1ccncc1)S(=O)(=O)Cc1cccc(CN)c1. The highest BCUT2D eigenvalue weighted by Gasteiger charge is 2.19. The van der Waals surface area contributed by atoms with Crippen LogP contribution >= 0.6 is 0 Å². The van der Waals surface area contributed by atoms with Gasteiger partial charge in [-0.25, -0.2) is 8.42 Å². The van der Waals surface area contributed by atoms with Crippen LogP contribution in [0.4, 0.5) is 5.69 Å². The van der Waals surface area contributed by atoms with Crippen molar-refractivity contribution in [1.82, 2.24) is 4.98 Å². The molecule has 2 rings (SSSR count). The van der Waals surface area contributed by atoms with E-state index in [-0.39, 0.29) is 5.75 Å². The molecule has 0 atom stereocenters. The average molecular weight is 291 g/mol. The van der Waals surface area contributed by atoms with Gasteiger partial charge in [0.15, 0.2) is 0 Å². The van der Waals surface area contributed by atoms with Crippen molar-refractivity contribution >= 4 is 15.7 Å². The summed E-state index contributed by atoms with van der Waals surface area (Å²) in [6.07, 6.45) is 3.13. The first-order valence-corrected chi connectivity index (χ1v) is 7.78. The van der Waals surface area contributed by atoms with Gasteiger partial charge in [-0.15, -0.1) is 0 Å². The van der Waals surface area contributed by atoms with Gasteiger partial charge in [-0.1, -0.05) is 24.3 Å². The average Bonchev–Trinajstić information content (AvgIpc) is 2.47. The molecule has 0 amide bonds. The number of pyridine rings is 1. The van der Waals surface area contributed by atoms with E-state index in [1.54, 1.807) is 30.6 Å². The fourth-order valence-corrected chi connectivity index (χ4v) is 3.11. The number of sulfonamides is 1. The van der Waals surface area contributed by atoms with Gasteiger partial charge >= 0.3 is 0 Å². The highest BCUT2D eigenvalue weighted by Crippen LogP contribution is 2.18. The van der Waals surface area contributed by atoms with Crippen molar-refractivity contribution in [2.24, 2.45) is 5.73 Å². The molecule has 6 heteroatoms. The van der Waals surface area contributed by atoms with Crippen LogP contribution in [0.1, 0.15) is 11.1 Å². The molecule has 0 spiro atoms. The molecule has 0 fully saturated rings. The van der Waals surface area contributed by atoms with E-state index in [0.29, 0.717) is 12.2 Å². The van der Waals surface area contributed by atoms with E-state index < -0.39 is 10.0 Å². The molecule has 0 saturated carbocycles. The molecule has 5 nitrogen and oxygen atoms in total. The van der Waals surface area contributed by atoms with E-state index in [4.69, 9.17) is 5.73 Å². The maximum Gasteiger partial charge on any atom is 0.239 e. The molecule has 0 bridgehead atoms. The Hall–Kier alpha value is -1.92. The Kier molecular flexibility index (Phi) is 4.36. The van der Waals surface area contributed by atoms with Crippen LogP contribution in [0, 0.1) is 0 Å². The van der Waals surface area contributed by atoms with Gasteiger partial charge in [-0.05, 0) is 23.3 Å². The highest BCUT2D eigenvalue weighted by molar-refractivity contribution is 7.92. The zero-order valence-electron chi connectivity index (χ0n) is 11.2. The fourth-order valence-electron chi connectivity index (χ4n) is 1.87. The lowest BCUT2D eigenvalue weighted by molar-refractivity contribution is 0.593. The van der Waals surface area contributed by atoms with Gasteiger partial charge in [-0.3, -0.25) is 9.29 Å². The number of hydrogen-bond donors (Lipinski definition) is 1. The Labute approximate surface area is 119 Å². The van der Waals surface area contributed by atoms with Crippen molar-refractivity contribution in [2.75, 3.05) is 11.4 Å². The van der Waals surface area contributed by atoms with Crippen LogP contribution in [-0.2, 0) is 22.3 Å². The predicted octanol–water partition coefficient (Wildman–Crippen LogP) is 1.51. The molecule has 0 saturated heterocycles. The zero-order valence-corrected chi connectivity index (χ0v) is 12.0. The molecule has 1 heterocycles. The molecular weight excluding hydrogens is 274 g/mol. The Bertz CT molecular complexity index is 672. The number of rotatable bonds is 5. The summed E-state index contributed by atoms with van der Waals surface area (Å²) in [6.45, 7) is 0.397. The molecule has 0 aliphatic rings. The predicted molar refractivity (Wildman–Crippen MR) is 79.6 cm³/mol. The van der Waals surface area contributed by atoms with E-state index in [1.165, 1.54) is 11.4 Å². The van der Waals surface area contributed by atoms with Gasteiger partial charge in [0.25, 0.3) is 0 Å². The largest absolute Gasteiger partial charge is 0.326 e. The number of anilines is 1. The molecule has 0 aliphatic carbocycles. The van der Waals surface area contributed by atoms with Crippen molar-refractivity contribution in [2.45, 2.75) is 12.3 Å². The number of hydrogen-bond acceptors (Lipinski definition) is 4. The van der Waals surface area contributed by atoms with Crippen molar-refractivity contribution < 1.29 is 8.42 Å². The van der Waals surface area contributed by atoms with Crippen LogP contribution in [-0.4, -0.2) is 20.4 Å². The molecule has 2 aromatic rings. The Morgan fingerprint density at radius 1 is 1.15 bits per heavy atom. The molecule has 0 unspecified atom stereocenters. The first-order chi connectivity index (χ1) is 9.53. The van der Waals surface area contributed by atoms with Gasteiger partial charge in [0.05, 0.1) is 11.4 Å². The first kappa shape index (κ1) is 14.5. The van der Waals surface area contributed by atoms with Crippen molar-refractivity contribution in [1.29, 1.82) is 0 Å². The Morgan fingerprint density at radius 2 is 1.80 bits per heavy atom. The third-order valence-electron chi connectivity index (χ3n) is 3.02. The number of benzene rings is 1. The van der Waals surface area contributed by atoms with E-state index in [9.17, 15) is 8.42 Å². The molecule has 0 radical (unpaired) electrons. The van der Waals surface area contributed by atoms with Gasteiger partial charge < -0.3 is 5.73 Å². The highest BCUT2D eigenvalue weighted by atomic mass is 32.2. The van der Waals surface area contributed by atoms with Crippen LogP contribution in [0.2, 0.25) is 0 Å². The third-order valence-corrected chi connectivity index (χ3v) is 4.76. The summed E-state index contributed by atoms with van der Waals surface area (Å²) in [5.41, 5.74) is 7.81. The Balaban J connectivity index is 2.22. The molecule has 1 aromatic carbocycles. The minimum Gasteiger partial charge on any atom is -0.326 e. The van der Waals surface area contributed by atoms with Crippen LogP contribution in [0.15, 0.2) is 48.8 Å². The van der Waals surface area contributed by atoms with Crippen molar-refractivity contribution in [3.8, 4) is 0 Å². The smallest absolute Gasteiger partial charge is 0.239 e. The second kappa shape index (κ2) is 6.02. The van der Waals surface area contributed by atoms with Crippen molar-refractivity contribution in [3.63, 3.8) is 0 Å². The van der Waals surface area contributed by atoms with E-state index in [1.807, 2.05) is 18.2 Å². The topological polar surface area (TPSA) is 76.3 Å². The number of nitrogens with zero attached hydrogens (tertiary/aromatic N) is 2. The van der Waals surface area contributed by atoms with E-state index >= 15 is 0 Å². The molecule has 106 valence electrons. The van der Waals surface area contributed by atoms with Crippen LogP contribution < -0.4 is 10.0 Å². The second-order valence-corrected chi connectivity index (χ2v) is 6.45. The fraction of sp³-hybridized carbons (Fsp3) is 0.214. The molecule has 2 N–H and O–H groups in total. The minimum absolute atomic E-state index is 0.0559. The lowest BCUT2D eigenvalue weighted by Gasteiger charge is -2.19. The summed E-state index contributed by atoms with van der Waals surface area (Å²) in [7, 11) is -1.89. The maximum atomic E-state index is 12.4. The minimum atomic E-state index is -3.43. The normalized spacial score (nSPS) is 11.3. The van der Waals surface area contributed by atoms with Crippen LogP contribution in [0.3, 0.4) is 0 Å². The maximum absolute atomic E-state index is 12.4. The summed E-state index contributed by atoms with van der Waals surface area (Å²) in [5, 5.41) is 0.